The minimum absolute atomic E-state index is 0.392. The topological polar surface area (TPSA) is 24.9 Å². The molecule has 1 aromatic heterocycles. The van der Waals surface area contributed by atoms with Gasteiger partial charge >= 0.3 is 0 Å². The summed E-state index contributed by atoms with van der Waals surface area (Å²) in [6.45, 7) is 7.50. The Bertz CT molecular complexity index is 471. The third kappa shape index (κ3) is 3.65. The average Bonchev–Trinajstić information content (AvgIpc) is 2.80. The third-order valence-corrected chi connectivity index (χ3v) is 3.86. The number of benzene rings is 1. The van der Waals surface area contributed by atoms with E-state index in [9.17, 15) is 0 Å². The molecule has 2 nitrogen and oxygen atoms in total. The van der Waals surface area contributed by atoms with Gasteiger partial charge in [-0.25, -0.2) is 4.98 Å². The van der Waals surface area contributed by atoms with Crippen molar-refractivity contribution in [2.24, 2.45) is 0 Å². The Hall–Kier alpha value is -1.19. The molecule has 2 rings (SSSR count). The van der Waals surface area contributed by atoms with Crippen molar-refractivity contribution in [1.29, 1.82) is 0 Å². The van der Waals surface area contributed by atoms with Gasteiger partial charge in [0.25, 0.3) is 0 Å². The van der Waals surface area contributed by atoms with Gasteiger partial charge in [-0.15, -0.1) is 11.3 Å². The predicted molar refractivity (Wildman–Crippen MR) is 78.2 cm³/mol. The SMILES string of the molecule is Cc1cc(C)cc(C(C)NCCc2nccs2)c1. The highest BCUT2D eigenvalue weighted by molar-refractivity contribution is 7.09. The van der Waals surface area contributed by atoms with Crippen LogP contribution in [0.3, 0.4) is 0 Å². The number of aromatic nitrogens is 1. The Morgan fingerprint density at radius 3 is 2.56 bits per heavy atom. The molecule has 1 heterocycles. The lowest BCUT2D eigenvalue weighted by Gasteiger charge is -2.15. The minimum Gasteiger partial charge on any atom is -0.310 e. The van der Waals surface area contributed by atoms with Gasteiger partial charge in [-0.2, -0.15) is 0 Å². The molecular weight excluding hydrogens is 240 g/mol. The molecule has 0 aliphatic carbocycles. The molecule has 0 aliphatic heterocycles. The number of hydrogen-bond acceptors (Lipinski definition) is 3. The highest BCUT2D eigenvalue weighted by Crippen LogP contribution is 2.16. The van der Waals surface area contributed by atoms with E-state index < -0.39 is 0 Å². The molecule has 1 unspecified atom stereocenters. The maximum absolute atomic E-state index is 4.29. The quantitative estimate of drug-likeness (QED) is 0.887. The molecule has 96 valence electrons. The molecule has 3 heteroatoms. The first-order valence-electron chi connectivity index (χ1n) is 6.35. The Balaban J connectivity index is 1.89. The van der Waals surface area contributed by atoms with E-state index in [1.165, 1.54) is 21.7 Å². The number of hydrogen-bond donors (Lipinski definition) is 1. The lowest BCUT2D eigenvalue weighted by molar-refractivity contribution is 0.575. The van der Waals surface area contributed by atoms with Gasteiger partial charge in [0.05, 0.1) is 5.01 Å². The monoisotopic (exact) mass is 260 g/mol. The summed E-state index contributed by atoms with van der Waals surface area (Å²) in [5.74, 6) is 0. The highest BCUT2D eigenvalue weighted by atomic mass is 32.1. The lowest BCUT2D eigenvalue weighted by atomic mass is 10.0. The van der Waals surface area contributed by atoms with Crippen LogP contribution in [-0.4, -0.2) is 11.5 Å². The van der Waals surface area contributed by atoms with E-state index >= 15 is 0 Å². The van der Waals surface area contributed by atoms with Crippen LogP contribution in [-0.2, 0) is 6.42 Å². The standard InChI is InChI=1S/C15H20N2S/c1-11-8-12(2)10-14(9-11)13(3)16-5-4-15-17-6-7-18-15/h6-10,13,16H,4-5H2,1-3H3. The highest BCUT2D eigenvalue weighted by Gasteiger charge is 2.06. The van der Waals surface area contributed by atoms with Crippen molar-refractivity contribution in [1.82, 2.24) is 10.3 Å². The van der Waals surface area contributed by atoms with Crippen LogP contribution in [0.4, 0.5) is 0 Å². The second kappa shape index (κ2) is 6.12. The molecule has 0 bridgehead atoms. The van der Waals surface area contributed by atoms with Crippen molar-refractivity contribution >= 4 is 11.3 Å². The van der Waals surface area contributed by atoms with Crippen molar-refractivity contribution in [3.05, 3.63) is 51.5 Å². The first-order chi connectivity index (χ1) is 8.65. The lowest BCUT2D eigenvalue weighted by Crippen LogP contribution is -2.21. The van der Waals surface area contributed by atoms with Crippen LogP contribution < -0.4 is 5.32 Å². The van der Waals surface area contributed by atoms with Gasteiger partial charge in [0.1, 0.15) is 0 Å². The number of aryl methyl sites for hydroxylation is 2. The molecule has 18 heavy (non-hydrogen) atoms. The fourth-order valence-corrected chi connectivity index (χ4v) is 2.77. The second-order valence-corrected chi connectivity index (χ2v) is 5.75. The van der Waals surface area contributed by atoms with Crippen molar-refractivity contribution in [2.45, 2.75) is 33.2 Å². The first-order valence-corrected chi connectivity index (χ1v) is 7.23. The van der Waals surface area contributed by atoms with E-state index in [-0.39, 0.29) is 0 Å². The Morgan fingerprint density at radius 2 is 1.94 bits per heavy atom. The van der Waals surface area contributed by atoms with E-state index in [0.717, 1.165) is 13.0 Å². The average molecular weight is 260 g/mol. The van der Waals surface area contributed by atoms with Gasteiger partial charge in [0.15, 0.2) is 0 Å². The molecule has 0 fully saturated rings. The van der Waals surface area contributed by atoms with Crippen LogP contribution in [0.1, 0.15) is 34.7 Å². The van der Waals surface area contributed by atoms with Crippen molar-refractivity contribution in [3.63, 3.8) is 0 Å². The van der Waals surface area contributed by atoms with Crippen molar-refractivity contribution in [2.75, 3.05) is 6.54 Å². The maximum atomic E-state index is 4.29. The smallest absolute Gasteiger partial charge is 0.0937 e. The Labute approximate surface area is 113 Å². The molecule has 1 atom stereocenters. The number of rotatable bonds is 5. The van der Waals surface area contributed by atoms with E-state index in [1.807, 2.05) is 11.6 Å². The van der Waals surface area contributed by atoms with E-state index in [4.69, 9.17) is 0 Å². The van der Waals surface area contributed by atoms with Gasteiger partial charge in [-0.1, -0.05) is 29.3 Å². The molecule has 2 aromatic rings. The largest absolute Gasteiger partial charge is 0.310 e. The number of thiazole rings is 1. The second-order valence-electron chi connectivity index (χ2n) is 4.77. The van der Waals surface area contributed by atoms with Gasteiger partial charge in [-0.05, 0) is 26.3 Å². The minimum atomic E-state index is 0.392. The molecule has 0 aliphatic rings. The zero-order valence-electron chi connectivity index (χ0n) is 11.2. The predicted octanol–water partition coefficient (Wildman–Crippen LogP) is 3.65. The van der Waals surface area contributed by atoms with Crippen LogP contribution in [0.15, 0.2) is 29.8 Å². The third-order valence-electron chi connectivity index (χ3n) is 3.02. The molecule has 1 N–H and O–H groups in total. The summed E-state index contributed by atoms with van der Waals surface area (Å²) >= 11 is 1.72. The van der Waals surface area contributed by atoms with Gasteiger partial charge < -0.3 is 5.32 Å². The molecule has 0 radical (unpaired) electrons. The molecule has 0 spiro atoms. The molecule has 0 amide bonds. The fourth-order valence-electron chi connectivity index (χ4n) is 2.15. The van der Waals surface area contributed by atoms with Gasteiger partial charge in [0, 0.05) is 30.6 Å². The fraction of sp³-hybridized carbons (Fsp3) is 0.400. The molecule has 1 aromatic carbocycles. The zero-order valence-corrected chi connectivity index (χ0v) is 12.1. The zero-order chi connectivity index (χ0) is 13.0. The van der Waals surface area contributed by atoms with Crippen LogP contribution in [0.2, 0.25) is 0 Å². The van der Waals surface area contributed by atoms with Crippen LogP contribution in [0.25, 0.3) is 0 Å². The molecule has 0 saturated carbocycles. The van der Waals surface area contributed by atoms with Gasteiger partial charge in [0.2, 0.25) is 0 Å². The van der Waals surface area contributed by atoms with Gasteiger partial charge in [-0.3, -0.25) is 0 Å². The summed E-state index contributed by atoms with van der Waals surface area (Å²) in [6, 6.07) is 7.12. The summed E-state index contributed by atoms with van der Waals surface area (Å²) in [5, 5.41) is 6.79. The van der Waals surface area contributed by atoms with E-state index in [1.54, 1.807) is 11.3 Å². The summed E-state index contributed by atoms with van der Waals surface area (Å²) in [6.07, 6.45) is 2.88. The van der Waals surface area contributed by atoms with E-state index in [2.05, 4.69) is 49.3 Å². The molecular formula is C15H20N2S. The Morgan fingerprint density at radius 1 is 1.22 bits per heavy atom. The maximum Gasteiger partial charge on any atom is 0.0937 e. The summed E-state index contributed by atoms with van der Waals surface area (Å²) < 4.78 is 0. The summed E-state index contributed by atoms with van der Waals surface area (Å²) in [5.41, 5.74) is 4.03. The van der Waals surface area contributed by atoms with Crippen molar-refractivity contribution < 1.29 is 0 Å². The summed E-state index contributed by atoms with van der Waals surface area (Å²) in [7, 11) is 0. The first kappa shape index (κ1) is 13.2. The van der Waals surface area contributed by atoms with Crippen molar-refractivity contribution in [3.8, 4) is 0 Å². The number of nitrogens with zero attached hydrogens (tertiary/aromatic N) is 1. The molecule has 0 saturated heterocycles. The van der Waals surface area contributed by atoms with Crippen LogP contribution >= 0.6 is 11.3 Å². The van der Waals surface area contributed by atoms with Crippen LogP contribution in [0, 0.1) is 13.8 Å². The van der Waals surface area contributed by atoms with Crippen LogP contribution in [0.5, 0.6) is 0 Å². The summed E-state index contributed by atoms with van der Waals surface area (Å²) in [4.78, 5) is 4.29. The Kier molecular flexibility index (Phi) is 4.50. The van der Waals surface area contributed by atoms with E-state index in [0.29, 0.717) is 6.04 Å². The normalized spacial score (nSPS) is 12.6. The number of nitrogens with one attached hydrogen (secondary N) is 1.